The normalized spacial score (nSPS) is 12.3. The quantitative estimate of drug-likeness (QED) is 0.718. The fraction of sp³-hybridized carbons (Fsp3) is 0.529. The van der Waals surface area contributed by atoms with E-state index >= 15 is 0 Å². The number of thiazole rings is 1. The predicted octanol–water partition coefficient (Wildman–Crippen LogP) is 4.75. The highest BCUT2D eigenvalue weighted by Crippen LogP contribution is 2.27. The van der Waals surface area contributed by atoms with Gasteiger partial charge in [0.2, 0.25) is 5.91 Å². The topological polar surface area (TPSA) is 42.0 Å². The maximum Gasteiger partial charge on any atom is 0.226 e. The lowest BCUT2D eigenvalue weighted by Crippen LogP contribution is -2.30. The van der Waals surface area contributed by atoms with Crippen LogP contribution in [0.5, 0.6) is 0 Å². The van der Waals surface area contributed by atoms with Crippen LogP contribution in [0.2, 0.25) is 0 Å². The van der Waals surface area contributed by atoms with E-state index in [1.54, 1.807) is 22.7 Å². The number of hydrogen-bond acceptors (Lipinski definition) is 4. The van der Waals surface area contributed by atoms with Crippen molar-refractivity contribution in [2.75, 3.05) is 6.54 Å². The highest BCUT2D eigenvalue weighted by atomic mass is 32.1. The van der Waals surface area contributed by atoms with Crippen molar-refractivity contribution >= 4 is 28.6 Å². The molecule has 0 radical (unpaired) electrons. The largest absolute Gasteiger partial charge is 0.355 e. The van der Waals surface area contributed by atoms with Crippen LogP contribution in [-0.4, -0.2) is 17.4 Å². The number of nitrogens with one attached hydrogen (secondary N) is 1. The number of aromatic nitrogens is 1. The molecule has 2 rings (SSSR count). The fourth-order valence-corrected chi connectivity index (χ4v) is 3.96. The van der Waals surface area contributed by atoms with E-state index < -0.39 is 0 Å². The molecule has 1 atom stereocenters. The number of carbonyl (C=O) groups is 1. The Morgan fingerprint density at radius 1 is 1.36 bits per heavy atom. The lowest BCUT2D eigenvalue weighted by Gasteiger charge is -2.14. The van der Waals surface area contributed by atoms with Crippen molar-refractivity contribution < 1.29 is 4.79 Å². The molecule has 0 saturated heterocycles. The Balaban J connectivity index is 1.79. The molecular formula is C17H24N2OS2. The van der Waals surface area contributed by atoms with E-state index in [0.717, 1.165) is 23.7 Å². The van der Waals surface area contributed by atoms with Crippen molar-refractivity contribution in [3.05, 3.63) is 28.6 Å². The number of hydrogen-bond donors (Lipinski definition) is 1. The van der Waals surface area contributed by atoms with Crippen LogP contribution < -0.4 is 5.32 Å². The van der Waals surface area contributed by atoms with Crippen LogP contribution in [0.25, 0.3) is 9.88 Å². The second-order valence-electron chi connectivity index (χ2n) is 5.52. The molecule has 2 aromatic rings. The molecule has 5 heteroatoms. The third-order valence-electron chi connectivity index (χ3n) is 3.76. The van der Waals surface area contributed by atoms with Gasteiger partial charge in [0.15, 0.2) is 0 Å². The van der Waals surface area contributed by atoms with Gasteiger partial charge >= 0.3 is 0 Å². The van der Waals surface area contributed by atoms with Gasteiger partial charge < -0.3 is 5.32 Å². The first-order valence-corrected chi connectivity index (χ1v) is 9.73. The van der Waals surface area contributed by atoms with Crippen LogP contribution in [0.3, 0.4) is 0 Å². The number of thiophene rings is 1. The summed E-state index contributed by atoms with van der Waals surface area (Å²) in [6.45, 7) is 5.19. The van der Waals surface area contributed by atoms with Crippen LogP contribution in [0.15, 0.2) is 22.9 Å². The fourth-order valence-electron chi connectivity index (χ4n) is 2.33. The number of carbonyl (C=O) groups excluding carboxylic acids is 1. The van der Waals surface area contributed by atoms with E-state index in [4.69, 9.17) is 0 Å². The van der Waals surface area contributed by atoms with E-state index in [1.807, 2.05) is 16.8 Å². The zero-order valence-corrected chi connectivity index (χ0v) is 14.9. The molecule has 22 heavy (non-hydrogen) atoms. The maximum absolute atomic E-state index is 12.1. The Kier molecular flexibility index (Phi) is 7.06. The highest BCUT2D eigenvalue weighted by Gasteiger charge is 2.11. The molecule has 0 fully saturated rings. The Bertz CT molecular complexity index is 563. The lowest BCUT2D eigenvalue weighted by atomic mass is 9.99. The SMILES string of the molecule is CCCCC(CC)CNC(=O)Cc1csc(-c2cccs2)n1. The van der Waals surface area contributed by atoms with Gasteiger partial charge in [-0.25, -0.2) is 4.98 Å². The number of rotatable bonds is 9. The molecular weight excluding hydrogens is 312 g/mol. The first kappa shape index (κ1) is 17.2. The summed E-state index contributed by atoms with van der Waals surface area (Å²) in [5.74, 6) is 0.680. The Morgan fingerprint density at radius 3 is 2.91 bits per heavy atom. The summed E-state index contributed by atoms with van der Waals surface area (Å²) in [6, 6.07) is 4.09. The molecule has 1 unspecified atom stereocenters. The smallest absolute Gasteiger partial charge is 0.226 e. The van der Waals surface area contributed by atoms with Crippen LogP contribution in [0.1, 0.15) is 45.2 Å². The standard InChI is InChI=1S/C17H24N2OS2/c1-3-5-7-13(4-2)11-18-16(20)10-14-12-22-17(19-14)15-8-6-9-21-15/h6,8-9,12-13H,3-5,7,10-11H2,1-2H3,(H,18,20). The molecule has 120 valence electrons. The zero-order chi connectivity index (χ0) is 15.8. The van der Waals surface area contributed by atoms with Crippen molar-refractivity contribution in [2.45, 2.75) is 46.0 Å². The Labute approximate surface area is 140 Å². The predicted molar refractivity (Wildman–Crippen MR) is 95.4 cm³/mol. The molecule has 0 aromatic carbocycles. The van der Waals surface area contributed by atoms with E-state index in [0.29, 0.717) is 12.3 Å². The highest BCUT2D eigenvalue weighted by molar-refractivity contribution is 7.20. The van der Waals surface area contributed by atoms with Gasteiger partial charge in [-0.1, -0.05) is 39.2 Å². The summed E-state index contributed by atoms with van der Waals surface area (Å²) in [5, 5.41) is 8.11. The molecule has 0 saturated carbocycles. The zero-order valence-electron chi connectivity index (χ0n) is 13.3. The third-order valence-corrected chi connectivity index (χ3v) is 5.69. The van der Waals surface area contributed by atoms with Crippen LogP contribution >= 0.6 is 22.7 Å². The summed E-state index contributed by atoms with van der Waals surface area (Å²) in [6.07, 6.45) is 5.16. The van der Waals surface area contributed by atoms with E-state index in [1.165, 1.54) is 24.1 Å². The van der Waals surface area contributed by atoms with Gasteiger partial charge in [0.1, 0.15) is 5.01 Å². The van der Waals surface area contributed by atoms with Gasteiger partial charge in [-0.3, -0.25) is 4.79 Å². The van der Waals surface area contributed by atoms with Crippen LogP contribution in [-0.2, 0) is 11.2 Å². The van der Waals surface area contributed by atoms with Crippen molar-refractivity contribution in [3.8, 4) is 9.88 Å². The van der Waals surface area contributed by atoms with Gasteiger partial charge in [-0.2, -0.15) is 0 Å². The molecule has 0 aliphatic carbocycles. The summed E-state index contributed by atoms with van der Waals surface area (Å²) in [4.78, 5) is 17.8. The Morgan fingerprint density at radius 2 is 2.23 bits per heavy atom. The minimum absolute atomic E-state index is 0.0815. The summed E-state index contributed by atoms with van der Waals surface area (Å²) < 4.78 is 0. The molecule has 0 aliphatic rings. The lowest BCUT2D eigenvalue weighted by molar-refractivity contribution is -0.120. The van der Waals surface area contributed by atoms with E-state index in [9.17, 15) is 4.79 Å². The first-order valence-electron chi connectivity index (χ1n) is 7.97. The van der Waals surface area contributed by atoms with Crippen LogP contribution in [0.4, 0.5) is 0 Å². The molecule has 1 amide bonds. The monoisotopic (exact) mass is 336 g/mol. The molecule has 2 heterocycles. The molecule has 0 bridgehead atoms. The van der Waals surface area contributed by atoms with Gasteiger partial charge in [0.05, 0.1) is 17.0 Å². The van der Waals surface area contributed by atoms with Crippen molar-refractivity contribution in [1.29, 1.82) is 0 Å². The first-order chi connectivity index (χ1) is 10.7. The van der Waals surface area contributed by atoms with E-state index in [2.05, 4.69) is 30.2 Å². The van der Waals surface area contributed by atoms with Gasteiger partial charge in [0, 0.05) is 11.9 Å². The molecule has 0 aliphatic heterocycles. The van der Waals surface area contributed by atoms with Crippen LogP contribution in [0, 0.1) is 5.92 Å². The maximum atomic E-state index is 12.1. The average Bonchev–Trinajstić information content (AvgIpc) is 3.18. The number of amides is 1. The molecule has 0 spiro atoms. The second kappa shape index (κ2) is 9.06. The van der Waals surface area contributed by atoms with Crippen molar-refractivity contribution in [1.82, 2.24) is 10.3 Å². The van der Waals surface area contributed by atoms with Crippen molar-refractivity contribution in [2.24, 2.45) is 5.92 Å². The second-order valence-corrected chi connectivity index (χ2v) is 7.32. The number of unbranched alkanes of at least 4 members (excludes halogenated alkanes) is 1. The summed E-state index contributed by atoms with van der Waals surface area (Å²) in [7, 11) is 0. The minimum atomic E-state index is 0.0815. The van der Waals surface area contributed by atoms with E-state index in [-0.39, 0.29) is 5.91 Å². The number of nitrogens with zero attached hydrogens (tertiary/aromatic N) is 1. The molecule has 3 nitrogen and oxygen atoms in total. The van der Waals surface area contributed by atoms with Gasteiger partial charge in [0.25, 0.3) is 0 Å². The third kappa shape index (κ3) is 5.21. The molecule has 1 N–H and O–H groups in total. The van der Waals surface area contributed by atoms with Gasteiger partial charge in [-0.05, 0) is 23.8 Å². The minimum Gasteiger partial charge on any atom is -0.355 e. The van der Waals surface area contributed by atoms with Gasteiger partial charge in [-0.15, -0.1) is 22.7 Å². The van der Waals surface area contributed by atoms with Crippen molar-refractivity contribution in [3.63, 3.8) is 0 Å². The summed E-state index contributed by atoms with van der Waals surface area (Å²) >= 11 is 3.29. The summed E-state index contributed by atoms with van der Waals surface area (Å²) in [5.41, 5.74) is 0.868. The average molecular weight is 337 g/mol. The molecule has 2 aromatic heterocycles. The Hall–Kier alpha value is -1.20.